The van der Waals surface area contributed by atoms with Crippen LogP contribution in [-0.4, -0.2) is 72.3 Å². The lowest BCUT2D eigenvalue weighted by Gasteiger charge is -2.24. The molecule has 0 unspecified atom stereocenters. The van der Waals surface area contributed by atoms with E-state index in [0.717, 1.165) is 0 Å². The zero-order valence-corrected chi connectivity index (χ0v) is 9.21. The zero-order valence-electron chi connectivity index (χ0n) is 8.32. The normalized spacial score (nSPS) is 19.2. The van der Waals surface area contributed by atoms with Crippen LogP contribution in [-0.2, 0) is 13.9 Å². The molecule has 0 rings (SSSR count). The number of aliphatic hydroxyl groups excluding tert-OH is 5. The Morgan fingerprint density at radius 3 is 1.94 bits per heavy atom. The maximum Gasteiger partial charge on any atom is 0.527 e. The van der Waals surface area contributed by atoms with E-state index >= 15 is 0 Å². The fourth-order valence-electron chi connectivity index (χ4n) is 0.833. The first-order chi connectivity index (χ1) is 7.60. The van der Waals surface area contributed by atoms with Crippen LogP contribution in [0.1, 0.15) is 0 Å². The summed E-state index contributed by atoms with van der Waals surface area (Å²) < 4.78 is 13.7. The number of carbonyl (C=O) groups is 1. The quantitative estimate of drug-likeness (QED) is 0.236. The number of rotatable bonds is 6. The first kappa shape index (κ1) is 16.4. The summed E-state index contributed by atoms with van der Waals surface area (Å²) in [6, 6.07) is 0. The number of carbonyl (C=O) groups excluding carboxylic acids is 1. The van der Waals surface area contributed by atoms with E-state index in [1.807, 2.05) is 0 Å². The molecular formula is C6H13O10P. The van der Waals surface area contributed by atoms with Gasteiger partial charge in [-0.2, -0.15) is 0 Å². The molecule has 102 valence electrons. The molecule has 0 aromatic carbocycles. The Balaban J connectivity index is 4.54. The first-order valence-corrected chi connectivity index (χ1v) is 5.75. The van der Waals surface area contributed by atoms with E-state index < -0.39 is 44.8 Å². The van der Waals surface area contributed by atoms with Gasteiger partial charge in [-0.25, -0.2) is 9.36 Å². The molecule has 17 heavy (non-hydrogen) atoms. The molecular weight excluding hydrogens is 263 g/mol. The first-order valence-electron chi connectivity index (χ1n) is 4.22. The van der Waals surface area contributed by atoms with Crippen LogP contribution in [0, 0.1) is 0 Å². The highest BCUT2D eigenvalue weighted by Crippen LogP contribution is 2.36. The summed E-state index contributed by atoms with van der Waals surface area (Å²) in [5, 5.41) is 44.6. The molecule has 0 aliphatic heterocycles. The van der Waals surface area contributed by atoms with E-state index in [-0.39, 0.29) is 0 Å². The smallest absolute Gasteiger partial charge is 0.394 e. The number of aliphatic hydroxyl groups is 5. The average Bonchev–Trinajstić information content (AvgIpc) is 2.22. The SMILES string of the molecule is O=C(OP(=O)(O)O)[C@@H](O)[C@H](O)[C@H](O)[C@@H](O)CO. The highest BCUT2D eigenvalue weighted by molar-refractivity contribution is 7.46. The fourth-order valence-corrected chi connectivity index (χ4v) is 1.18. The van der Waals surface area contributed by atoms with E-state index in [1.165, 1.54) is 0 Å². The van der Waals surface area contributed by atoms with Gasteiger partial charge >= 0.3 is 13.8 Å². The minimum Gasteiger partial charge on any atom is -0.394 e. The maximum absolute atomic E-state index is 10.8. The van der Waals surface area contributed by atoms with Gasteiger partial charge in [0.15, 0.2) is 6.10 Å². The fraction of sp³-hybridized carbons (Fsp3) is 0.833. The van der Waals surface area contributed by atoms with Crippen LogP contribution in [0.3, 0.4) is 0 Å². The van der Waals surface area contributed by atoms with Crippen molar-refractivity contribution in [1.29, 1.82) is 0 Å². The lowest BCUT2D eigenvalue weighted by Crippen LogP contribution is -2.48. The second-order valence-electron chi connectivity index (χ2n) is 3.08. The van der Waals surface area contributed by atoms with Crippen molar-refractivity contribution in [2.24, 2.45) is 0 Å². The Morgan fingerprint density at radius 1 is 1.12 bits per heavy atom. The van der Waals surface area contributed by atoms with Gasteiger partial charge in [0.05, 0.1) is 6.61 Å². The van der Waals surface area contributed by atoms with Gasteiger partial charge in [-0.1, -0.05) is 0 Å². The third kappa shape index (κ3) is 5.52. The van der Waals surface area contributed by atoms with Gasteiger partial charge in [-0.15, -0.1) is 0 Å². The largest absolute Gasteiger partial charge is 0.527 e. The molecule has 0 aliphatic rings. The highest BCUT2D eigenvalue weighted by Gasteiger charge is 2.37. The van der Waals surface area contributed by atoms with E-state index in [0.29, 0.717) is 0 Å². The molecule has 0 fully saturated rings. The van der Waals surface area contributed by atoms with E-state index in [1.54, 1.807) is 0 Å². The van der Waals surface area contributed by atoms with Crippen molar-refractivity contribution in [3.05, 3.63) is 0 Å². The molecule has 7 N–H and O–H groups in total. The Hall–Kier alpha value is -0.580. The second-order valence-corrected chi connectivity index (χ2v) is 4.24. The van der Waals surface area contributed by atoms with Crippen LogP contribution in [0.25, 0.3) is 0 Å². The van der Waals surface area contributed by atoms with Crippen LogP contribution in [0.5, 0.6) is 0 Å². The van der Waals surface area contributed by atoms with Crippen molar-refractivity contribution in [3.63, 3.8) is 0 Å². The predicted molar refractivity (Wildman–Crippen MR) is 49.2 cm³/mol. The number of hydrogen-bond acceptors (Lipinski definition) is 8. The monoisotopic (exact) mass is 276 g/mol. The van der Waals surface area contributed by atoms with E-state index in [2.05, 4.69) is 4.52 Å². The van der Waals surface area contributed by atoms with Crippen molar-refractivity contribution in [2.45, 2.75) is 24.4 Å². The Bertz CT molecular complexity index is 299. The van der Waals surface area contributed by atoms with Crippen LogP contribution in [0.2, 0.25) is 0 Å². The molecule has 11 heteroatoms. The van der Waals surface area contributed by atoms with Crippen LogP contribution in [0.4, 0.5) is 0 Å². The molecule has 0 bridgehead atoms. The minimum atomic E-state index is -5.19. The molecule has 0 heterocycles. The topological polar surface area (TPSA) is 185 Å². The van der Waals surface area contributed by atoms with Crippen molar-refractivity contribution < 1.29 is 49.2 Å². The molecule has 0 aromatic rings. The van der Waals surface area contributed by atoms with Crippen LogP contribution >= 0.6 is 7.82 Å². The van der Waals surface area contributed by atoms with Gasteiger partial charge in [-0.3, -0.25) is 9.79 Å². The maximum atomic E-state index is 10.8. The summed E-state index contributed by atoms with van der Waals surface area (Å²) in [5.41, 5.74) is 0. The van der Waals surface area contributed by atoms with Crippen LogP contribution in [0.15, 0.2) is 0 Å². The van der Waals surface area contributed by atoms with Gasteiger partial charge in [0.25, 0.3) is 0 Å². The molecule has 4 atom stereocenters. The molecule has 0 radical (unpaired) electrons. The average molecular weight is 276 g/mol. The van der Waals surface area contributed by atoms with Crippen molar-refractivity contribution >= 4 is 13.8 Å². The van der Waals surface area contributed by atoms with E-state index in [4.69, 9.17) is 35.3 Å². The molecule has 0 saturated heterocycles. The summed E-state index contributed by atoms with van der Waals surface area (Å²) in [7, 11) is -5.19. The molecule has 0 aliphatic carbocycles. The lowest BCUT2D eigenvalue weighted by atomic mass is 10.0. The number of phosphoric acid groups is 1. The zero-order chi connectivity index (χ0) is 13.8. The lowest BCUT2D eigenvalue weighted by molar-refractivity contribution is -0.162. The highest BCUT2D eigenvalue weighted by atomic mass is 31.2. The summed E-state index contributed by atoms with van der Waals surface area (Å²) in [4.78, 5) is 27.3. The summed E-state index contributed by atoms with van der Waals surface area (Å²) in [5.74, 6) is -1.88. The Morgan fingerprint density at radius 2 is 1.59 bits per heavy atom. The van der Waals surface area contributed by atoms with Crippen molar-refractivity contribution in [1.82, 2.24) is 0 Å². The van der Waals surface area contributed by atoms with E-state index in [9.17, 15) is 9.36 Å². The summed E-state index contributed by atoms with van der Waals surface area (Å²) in [6.45, 7) is -0.960. The van der Waals surface area contributed by atoms with Gasteiger partial charge < -0.3 is 30.1 Å². The van der Waals surface area contributed by atoms with Crippen molar-refractivity contribution in [2.75, 3.05) is 6.61 Å². The third-order valence-corrected chi connectivity index (χ3v) is 2.12. The summed E-state index contributed by atoms with van der Waals surface area (Å²) in [6.07, 6.45) is -8.71. The second kappa shape index (κ2) is 6.38. The summed E-state index contributed by atoms with van der Waals surface area (Å²) >= 11 is 0. The molecule has 0 saturated carbocycles. The Labute approximate surface area is 94.9 Å². The van der Waals surface area contributed by atoms with Gasteiger partial charge in [0.2, 0.25) is 0 Å². The van der Waals surface area contributed by atoms with Crippen LogP contribution < -0.4 is 0 Å². The van der Waals surface area contributed by atoms with Gasteiger partial charge in [-0.05, 0) is 0 Å². The number of phosphoric ester groups is 1. The molecule has 0 aromatic heterocycles. The molecule has 0 amide bonds. The number of hydrogen-bond donors (Lipinski definition) is 7. The third-order valence-electron chi connectivity index (χ3n) is 1.71. The molecule has 10 nitrogen and oxygen atoms in total. The predicted octanol–water partition coefficient (Wildman–Crippen LogP) is -3.94. The van der Waals surface area contributed by atoms with Crippen molar-refractivity contribution in [3.8, 4) is 0 Å². The minimum absolute atomic E-state index is 0.960. The van der Waals surface area contributed by atoms with Gasteiger partial charge in [0.1, 0.15) is 18.3 Å². The molecule has 0 spiro atoms. The Kier molecular flexibility index (Phi) is 6.16. The van der Waals surface area contributed by atoms with Gasteiger partial charge in [0, 0.05) is 0 Å². The standard InChI is InChI=1S/C6H13O10P/c7-1-2(8)3(9)4(10)5(11)6(12)16-17(13,14)15/h2-5,7-11H,1H2,(H2,13,14,15)/t2-,3+,4+,5-/m0/s1.